The minimum absolute atomic E-state index is 0.0117. The van der Waals surface area contributed by atoms with Gasteiger partial charge in [-0.1, -0.05) is 60.1 Å². The van der Waals surface area contributed by atoms with E-state index < -0.39 is 16.1 Å². The van der Waals surface area contributed by atoms with Gasteiger partial charge in [0.05, 0.1) is 9.92 Å². The summed E-state index contributed by atoms with van der Waals surface area (Å²) in [5, 5.41) is 2.93. The lowest BCUT2D eigenvalue weighted by Gasteiger charge is -2.16. The Labute approximate surface area is 193 Å². The van der Waals surface area contributed by atoms with Crippen molar-refractivity contribution in [2.75, 3.05) is 11.9 Å². The quantitative estimate of drug-likeness (QED) is 0.482. The molecule has 0 unspecified atom stereocenters. The van der Waals surface area contributed by atoms with Gasteiger partial charge in [-0.3, -0.25) is 4.79 Å². The number of rotatable bonds is 8. The fraction of sp³-hybridized carbons (Fsp3) is 0.208. The second-order valence-corrected chi connectivity index (χ2v) is 9.57. The zero-order valence-corrected chi connectivity index (χ0v) is 19.6. The van der Waals surface area contributed by atoms with E-state index in [2.05, 4.69) is 10.0 Å². The van der Waals surface area contributed by atoms with Crippen LogP contribution >= 0.6 is 11.6 Å². The number of amides is 1. The Kier molecular flexibility index (Phi) is 7.56. The highest BCUT2D eigenvalue weighted by atomic mass is 35.5. The summed E-state index contributed by atoms with van der Waals surface area (Å²) >= 11 is 6.23. The molecule has 32 heavy (non-hydrogen) atoms. The molecule has 0 spiro atoms. The molecule has 0 aliphatic carbocycles. The number of halogens is 1. The molecule has 1 atom stereocenters. The van der Waals surface area contributed by atoms with Gasteiger partial charge >= 0.3 is 0 Å². The molecule has 3 rings (SSSR count). The number of nitrogens with one attached hydrogen (secondary N) is 2. The Morgan fingerprint density at radius 1 is 1.00 bits per heavy atom. The lowest BCUT2D eigenvalue weighted by molar-refractivity contribution is -0.118. The second kappa shape index (κ2) is 10.2. The van der Waals surface area contributed by atoms with Crippen LogP contribution < -0.4 is 14.8 Å². The Morgan fingerprint density at radius 2 is 1.66 bits per heavy atom. The third kappa shape index (κ3) is 5.88. The van der Waals surface area contributed by atoms with Gasteiger partial charge in [0.2, 0.25) is 10.0 Å². The van der Waals surface area contributed by atoms with E-state index in [4.69, 9.17) is 16.3 Å². The van der Waals surface area contributed by atoms with E-state index in [-0.39, 0.29) is 28.2 Å². The van der Waals surface area contributed by atoms with Crippen molar-refractivity contribution >= 4 is 33.2 Å². The highest BCUT2D eigenvalue weighted by Gasteiger charge is 2.20. The topological polar surface area (TPSA) is 84.5 Å². The molecule has 0 heterocycles. The molecule has 2 N–H and O–H groups in total. The first-order chi connectivity index (χ1) is 15.2. The number of aryl methyl sites for hydroxylation is 2. The maximum absolute atomic E-state index is 12.7. The van der Waals surface area contributed by atoms with E-state index in [0.717, 1.165) is 22.4 Å². The third-order valence-electron chi connectivity index (χ3n) is 4.95. The van der Waals surface area contributed by atoms with Gasteiger partial charge in [-0.2, -0.15) is 0 Å². The summed E-state index contributed by atoms with van der Waals surface area (Å²) in [7, 11) is -3.80. The lowest BCUT2D eigenvalue weighted by Crippen LogP contribution is -2.27. The second-order valence-electron chi connectivity index (χ2n) is 7.45. The molecule has 0 aromatic heterocycles. The van der Waals surface area contributed by atoms with E-state index in [1.54, 1.807) is 6.92 Å². The monoisotopic (exact) mass is 472 g/mol. The van der Waals surface area contributed by atoms with Gasteiger partial charge in [-0.25, -0.2) is 13.1 Å². The summed E-state index contributed by atoms with van der Waals surface area (Å²) in [6.07, 6.45) is 0. The maximum Gasteiger partial charge on any atom is 0.262 e. The van der Waals surface area contributed by atoms with Gasteiger partial charge in [-0.05, 0) is 55.7 Å². The number of hydrogen-bond donors (Lipinski definition) is 2. The van der Waals surface area contributed by atoms with Crippen LogP contribution in [0.15, 0.2) is 71.6 Å². The van der Waals surface area contributed by atoms with Crippen LogP contribution in [-0.4, -0.2) is 20.9 Å². The average Bonchev–Trinajstić information content (AvgIpc) is 2.76. The molecule has 3 aromatic rings. The number of ether oxygens (including phenoxy) is 1. The van der Waals surface area contributed by atoms with Crippen molar-refractivity contribution in [3.05, 3.63) is 88.4 Å². The Bertz CT molecular complexity index is 1190. The van der Waals surface area contributed by atoms with E-state index >= 15 is 0 Å². The van der Waals surface area contributed by atoms with Crippen molar-refractivity contribution in [2.24, 2.45) is 0 Å². The van der Waals surface area contributed by atoms with Gasteiger partial charge in [0.1, 0.15) is 5.75 Å². The fourth-order valence-electron chi connectivity index (χ4n) is 3.21. The summed E-state index contributed by atoms with van der Waals surface area (Å²) in [4.78, 5) is 12.3. The van der Waals surface area contributed by atoms with Crippen LogP contribution in [0.25, 0.3) is 0 Å². The zero-order chi connectivity index (χ0) is 23.3. The first-order valence-electron chi connectivity index (χ1n) is 10.0. The van der Waals surface area contributed by atoms with Gasteiger partial charge in [-0.15, -0.1) is 0 Å². The van der Waals surface area contributed by atoms with Gasteiger partial charge in [0, 0.05) is 11.7 Å². The molecule has 168 valence electrons. The molecule has 0 bridgehead atoms. The smallest absolute Gasteiger partial charge is 0.262 e. The van der Waals surface area contributed by atoms with Crippen LogP contribution in [-0.2, 0) is 14.8 Å². The summed E-state index contributed by atoms with van der Waals surface area (Å²) in [6, 6.07) is 18.7. The number of carbonyl (C=O) groups excluding carboxylic acids is 1. The van der Waals surface area contributed by atoms with E-state index in [9.17, 15) is 13.2 Å². The molecular weight excluding hydrogens is 448 g/mol. The fourth-order valence-corrected chi connectivity index (χ4v) is 4.76. The molecule has 0 radical (unpaired) electrons. The maximum atomic E-state index is 12.7. The first-order valence-corrected chi connectivity index (χ1v) is 11.9. The molecule has 6 nitrogen and oxygen atoms in total. The number of para-hydroxylation sites is 1. The Morgan fingerprint density at radius 3 is 2.28 bits per heavy atom. The molecule has 0 saturated carbocycles. The molecular formula is C24H25ClN2O4S. The molecule has 0 aliphatic rings. The minimum Gasteiger partial charge on any atom is -0.482 e. The predicted molar refractivity (Wildman–Crippen MR) is 127 cm³/mol. The predicted octanol–water partition coefficient (Wildman–Crippen LogP) is 5.01. The molecule has 0 aliphatic heterocycles. The summed E-state index contributed by atoms with van der Waals surface area (Å²) in [5.74, 6) is -0.119. The summed E-state index contributed by atoms with van der Waals surface area (Å²) < 4.78 is 33.6. The Hall–Kier alpha value is -2.87. The van der Waals surface area contributed by atoms with Crippen molar-refractivity contribution in [2.45, 2.75) is 31.7 Å². The van der Waals surface area contributed by atoms with Gasteiger partial charge < -0.3 is 10.1 Å². The minimum atomic E-state index is -3.80. The van der Waals surface area contributed by atoms with Crippen molar-refractivity contribution in [3.8, 4) is 5.75 Å². The van der Waals surface area contributed by atoms with Crippen LogP contribution in [0, 0.1) is 13.8 Å². The first kappa shape index (κ1) is 23.8. The van der Waals surface area contributed by atoms with Crippen molar-refractivity contribution in [1.29, 1.82) is 0 Å². The average molecular weight is 473 g/mol. The number of anilines is 1. The number of sulfonamides is 1. The van der Waals surface area contributed by atoms with Crippen LogP contribution in [0.3, 0.4) is 0 Å². The SMILES string of the molecule is Cc1cccc(C)c1NC(=O)COc1ccc(S(=O)(=O)N[C@@H](C)c2ccccc2)cc1Cl. The molecule has 0 fully saturated rings. The highest BCUT2D eigenvalue weighted by molar-refractivity contribution is 7.89. The molecule has 0 saturated heterocycles. The largest absolute Gasteiger partial charge is 0.482 e. The number of benzene rings is 3. The van der Waals surface area contributed by atoms with E-state index in [0.29, 0.717) is 0 Å². The molecule has 8 heteroatoms. The normalized spacial score (nSPS) is 12.2. The van der Waals surface area contributed by atoms with Crippen LogP contribution in [0.4, 0.5) is 5.69 Å². The number of carbonyl (C=O) groups is 1. The Balaban J connectivity index is 1.65. The van der Waals surface area contributed by atoms with E-state index in [1.807, 2.05) is 62.4 Å². The molecule has 3 aromatic carbocycles. The third-order valence-corrected chi connectivity index (χ3v) is 6.78. The van der Waals surface area contributed by atoms with Gasteiger partial charge in [0.15, 0.2) is 6.61 Å². The molecule has 1 amide bonds. The van der Waals surface area contributed by atoms with Crippen molar-refractivity contribution in [3.63, 3.8) is 0 Å². The summed E-state index contributed by atoms with van der Waals surface area (Å²) in [6.45, 7) is 5.32. The lowest BCUT2D eigenvalue weighted by atomic mass is 10.1. The van der Waals surface area contributed by atoms with Crippen LogP contribution in [0.2, 0.25) is 5.02 Å². The van der Waals surface area contributed by atoms with Crippen LogP contribution in [0.5, 0.6) is 5.75 Å². The zero-order valence-electron chi connectivity index (χ0n) is 18.1. The standard InChI is InChI=1S/C24H25ClN2O4S/c1-16-8-7-9-17(2)24(16)26-23(28)15-31-22-13-12-20(14-21(22)25)32(29,30)27-18(3)19-10-5-4-6-11-19/h4-14,18,27H,15H2,1-3H3,(H,26,28)/t18-/m0/s1. The van der Waals surface area contributed by atoms with Crippen LogP contribution in [0.1, 0.15) is 29.7 Å². The highest BCUT2D eigenvalue weighted by Crippen LogP contribution is 2.28. The van der Waals surface area contributed by atoms with E-state index in [1.165, 1.54) is 18.2 Å². The number of hydrogen-bond acceptors (Lipinski definition) is 4. The summed E-state index contributed by atoms with van der Waals surface area (Å²) in [5.41, 5.74) is 3.48. The van der Waals surface area contributed by atoms with Gasteiger partial charge in [0.25, 0.3) is 5.91 Å². The van der Waals surface area contributed by atoms with Crippen molar-refractivity contribution < 1.29 is 17.9 Å². The van der Waals surface area contributed by atoms with Crippen molar-refractivity contribution in [1.82, 2.24) is 4.72 Å².